The molecule has 1 aliphatic rings. The molecule has 32 heavy (non-hydrogen) atoms. The lowest BCUT2D eigenvalue weighted by molar-refractivity contribution is 0.0996. The zero-order chi connectivity index (χ0) is 22.8. The van der Waals surface area contributed by atoms with Gasteiger partial charge in [-0.15, -0.1) is 0 Å². The van der Waals surface area contributed by atoms with Gasteiger partial charge in [-0.05, 0) is 42.3 Å². The maximum atomic E-state index is 11.9. The summed E-state index contributed by atoms with van der Waals surface area (Å²) in [5, 5.41) is 9.37. The molecule has 1 amide bonds. The molecule has 0 spiro atoms. The van der Waals surface area contributed by atoms with Gasteiger partial charge in [0.1, 0.15) is 5.75 Å². The van der Waals surface area contributed by atoms with Gasteiger partial charge in [0.25, 0.3) is 0 Å². The highest BCUT2D eigenvalue weighted by atomic mass is 16.7. The molecule has 3 rings (SSSR count). The maximum Gasteiger partial charge on any atom is 0.515 e. The molecule has 0 aliphatic carbocycles. The number of para-hydroxylation sites is 2. The minimum atomic E-state index is -1.00. The van der Waals surface area contributed by atoms with Crippen molar-refractivity contribution in [3.63, 3.8) is 0 Å². The number of hydrogen-bond acceptors (Lipinski definition) is 11. The SMILES string of the molecule is CCOC(=O)Oc1nonc1OC(=O)NCCCN1CCN(c2ccccc2OC)CC1. The van der Waals surface area contributed by atoms with Crippen LogP contribution in [0.4, 0.5) is 15.3 Å². The number of rotatable bonds is 9. The quantitative estimate of drug-likeness (QED) is 0.445. The lowest BCUT2D eigenvalue weighted by Crippen LogP contribution is -2.47. The fourth-order valence-corrected chi connectivity index (χ4v) is 3.24. The molecule has 0 atom stereocenters. The molecular weight excluding hydrogens is 422 g/mol. The van der Waals surface area contributed by atoms with Gasteiger partial charge in [0.2, 0.25) is 0 Å². The van der Waals surface area contributed by atoms with E-state index in [4.69, 9.17) is 14.2 Å². The summed E-state index contributed by atoms with van der Waals surface area (Å²) in [6.45, 7) is 6.62. The van der Waals surface area contributed by atoms with Crippen molar-refractivity contribution in [1.29, 1.82) is 0 Å². The van der Waals surface area contributed by atoms with Crippen molar-refractivity contribution in [2.24, 2.45) is 0 Å². The third-order valence-corrected chi connectivity index (χ3v) is 4.78. The van der Waals surface area contributed by atoms with Crippen LogP contribution < -0.4 is 24.4 Å². The predicted molar refractivity (Wildman–Crippen MR) is 112 cm³/mol. The third-order valence-electron chi connectivity index (χ3n) is 4.78. The summed E-state index contributed by atoms with van der Waals surface area (Å²) in [6.07, 6.45) is -1.01. The molecule has 1 aliphatic heterocycles. The zero-order valence-corrected chi connectivity index (χ0v) is 18.1. The van der Waals surface area contributed by atoms with Crippen LogP contribution in [0.5, 0.6) is 17.5 Å². The molecule has 0 bridgehead atoms. The highest BCUT2D eigenvalue weighted by Gasteiger charge is 2.21. The Balaban J connectivity index is 1.34. The van der Waals surface area contributed by atoms with Crippen molar-refractivity contribution >= 4 is 17.9 Å². The monoisotopic (exact) mass is 449 g/mol. The summed E-state index contributed by atoms with van der Waals surface area (Å²) in [5.41, 5.74) is 1.10. The molecule has 1 fully saturated rings. The first kappa shape index (κ1) is 23.1. The Morgan fingerprint density at radius 1 is 1.09 bits per heavy atom. The first-order chi connectivity index (χ1) is 15.6. The predicted octanol–water partition coefficient (Wildman–Crippen LogP) is 1.91. The summed E-state index contributed by atoms with van der Waals surface area (Å²) in [6, 6.07) is 8.01. The molecule has 1 saturated heterocycles. The van der Waals surface area contributed by atoms with E-state index in [0.717, 1.165) is 50.6 Å². The van der Waals surface area contributed by atoms with Crippen LogP contribution in [0.15, 0.2) is 28.9 Å². The number of hydrogen-bond donors (Lipinski definition) is 1. The Bertz CT molecular complexity index is 883. The van der Waals surface area contributed by atoms with E-state index in [1.54, 1.807) is 14.0 Å². The van der Waals surface area contributed by atoms with Gasteiger partial charge in [0, 0.05) is 32.7 Å². The Hall–Kier alpha value is -3.54. The van der Waals surface area contributed by atoms with E-state index >= 15 is 0 Å². The van der Waals surface area contributed by atoms with Gasteiger partial charge in [-0.3, -0.25) is 4.90 Å². The third kappa shape index (κ3) is 6.48. The summed E-state index contributed by atoms with van der Waals surface area (Å²) in [5.74, 6) is 0.135. The van der Waals surface area contributed by atoms with E-state index in [1.807, 2.05) is 18.2 Å². The van der Waals surface area contributed by atoms with Crippen molar-refractivity contribution in [3.05, 3.63) is 24.3 Å². The zero-order valence-electron chi connectivity index (χ0n) is 18.1. The Morgan fingerprint density at radius 2 is 1.81 bits per heavy atom. The van der Waals surface area contributed by atoms with Crippen LogP contribution >= 0.6 is 0 Å². The second kappa shape index (κ2) is 11.7. The number of ether oxygens (including phenoxy) is 4. The van der Waals surface area contributed by atoms with Crippen LogP contribution in [0.25, 0.3) is 0 Å². The van der Waals surface area contributed by atoms with Gasteiger partial charge in [0.05, 0.1) is 19.4 Å². The first-order valence-electron chi connectivity index (χ1n) is 10.3. The normalized spacial score (nSPS) is 14.0. The van der Waals surface area contributed by atoms with E-state index < -0.39 is 12.2 Å². The van der Waals surface area contributed by atoms with E-state index in [9.17, 15) is 9.59 Å². The fraction of sp³-hybridized carbons (Fsp3) is 0.500. The lowest BCUT2D eigenvalue weighted by Gasteiger charge is -2.36. The number of nitrogens with one attached hydrogen (secondary N) is 1. The number of benzene rings is 1. The molecule has 174 valence electrons. The fourth-order valence-electron chi connectivity index (χ4n) is 3.24. The van der Waals surface area contributed by atoms with E-state index in [2.05, 4.69) is 40.9 Å². The van der Waals surface area contributed by atoms with E-state index in [0.29, 0.717) is 6.54 Å². The first-order valence-corrected chi connectivity index (χ1v) is 10.3. The minimum Gasteiger partial charge on any atom is -0.495 e. The molecule has 12 nitrogen and oxygen atoms in total. The molecule has 2 aromatic rings. The lowest BCUT2D eigenvalue weighted by atomic mass is 10.2. The summed E-state index contributed by atoms with van der Waals surface area (Å²) in [4.78, 5) is 27.9. The van der Waals surface area contributed by atoms with Gasteiger partial charge in [-0.2, -0.15) is 0 Å². The number of piperazine rings is 1. The van der Waals surface area contributed by atoms with Crippen LogP contribution in [-0.2, 0) is 4.74 Å². The van der Waals surface area contributed by atoms with Crippen molar-refractivity contribution in [2.75, 3.05) is 57.9 Å². The number of carbonyl (C=O) groups excluding carboxylic acids is 2. The Morgan fingerprint density at radius 3 is 2.53 bits per heavy atom. The summed E-state index contributed by atoms with van der Waals surface area (Å²) < 4.78 is 24.2. The standard InChI is InChI=1S/C20H27N5O7/c1-3-29-20(27)31-18-17(22-32-23-18)30-19(26)21-9-6-10-24-11-13-25(14-12-24)15-7-4-5-8-16(15)28-2/h4-5,7-8H,3,6,9-14H2,1-2H3,(H,21,26). The molecule has 0 radical (unpaired) electrons. The van der Waals surface area contributed by atoms with Crippen LogP contribution in [0.1, 0.15) is 13.3 Å². The minimum absolute atomic E-state index is 0.121. The van der Waals surface area contributed by atoms with Gasteiger partial charge in [0.15, 0.2) is 0 Å². The van der Waals surface area contributed by atoms with Crippen molar-refractivity contribution in [1.82, 2.24) is 20.5 Å². The number of nitrogens with zero attached hydrogens (tertiary/aromatic N) is 4. The summed E-state index contributed by atoms with van der Waals surface area (Å²) >= 11 is 0. The maximum absolute atomic E-state index is 11.9. The van der Waals surface area contributed by atoms with Crippen LogP contribution in [0.2, 0.25) is 0 Å². The number of carbonyl (C=O) groups is 2. The highest BCUT2D eigenvalue weighted by Crippen LogP contribution is 2.28. The summed E-state index contributed by atoms with van der Waals surface area (Å²) in [7, 11) is 1.68. The Kier molecular flexibility index (Phi) is 8.49. The molecule has 1 N–H and O–H groups in total. The van der Waals surface area contributed by atoms with Crippen molar-refractivity contribution in [3.8, 4) is 17.5 Å². The smallest absolute Gasteiger partial charge is 0.495 e. The number of aromatic nitrogens is 2. The van der Waals surface area contributed by atoms with Crippen molar-refractivity contribution in [2.45, 2.75) is 13.3 Å². The second-order valence-corrected chi connectivity index (χ2v) is 6.83. The number of methoxy groups -OCH3 is 1. The van der Waals surface area contributed by atoms with Crippen LogP contribution in [0.3, 0.4) is 0 Å². The molecule has 1 aromatic heterocycles. The van der Waals surface area contributed by atoms with Crippen molar-refractivity contribution < 1.29 is 33.2 Å². The average Bonchev–Trinajstić information content (AvgIpc) is 3.23. The van der Waals surface area contributed by atoms with Crippen LogP contribution in [-0.4, -0.2) is 80.4 Å². The van der Waals surface area contributed by atoms with Crippen LogP contribution in [0, 0.1) is 0 Å². The molecular formula is C20H27N5O7. The molecule has 0 saturated carbocycles. The largest absolute Gasteiger partial charge is 0.515 e. The van der Waals surface area contributed by atoms with Gasteiger partial charge in [-0.25, -0.2) is 14.2 Å². The Labute approximate surface area is 185 Å². The molecule has 12 heteroatoms. The second-order valence-electron chi connectivity index (χ2n) is 6.83. The molecule has 2 heterocycles. The van der Waals surface area contributed by atoms with Gasteiger partial charge in [-0.1, -0.05) is 12.1 Å². The molecule has 1 aromatic carbocycles. The number of anilines is 1. The van der Waals surface area contributed by atoms with Gasteiger partial charge < -0.3 is 29.2 Å². The van der Waals surface area contributed by atoms with E-state index in [-0.39, 0.29) is 18.4 Å². The highest BCUT2D eigenvalue weighted by molar-refractivity contribution is 5.71. The van der Waals surface area contributed by atoms with E-state index in [1.165, 1.54) is 0 Å². The average molecular weight is 449 g/mol. The molecule has 0 unspecified atom stereocenters. The topological polar surface area (TPSA) is 128 Å². The van der Waals surface area contributed by atoms with Gasteiger partial charge >= 0.3 is 24.0 Å². The number of amides is 1.